The predicted octanol–water partition coefficient (Wildman–Crippen LogP) is -0.0972. The summed E-state index contributed by atoms with van der Waals surface area (Å²) in [5, 5.41) is 8.54. The summed E-state index contributed by atoms with van der Waals surface area (Å²) < 4.78 is 0. The average molecular weight is 214 g/mol. The molecular formula is C10H18N2O3. The molecule has 86 valence electrons. The lowest BCUT2D eigenvalue weighted by Crippen LogP contribution is -2.56. The molecule has 0 aliphatic carbocycles. The Kier molecular flexibility index (Phi) is 3.68. The molecule has 1 amide bonds. The fourth-order valence-corrected chi connectivity index (χ4v) is 1.62. The first kappa shape index (κ1) is 12.0. The van der Waals surface area contributed by atoms with Crippen molar-refractivity contribution < 1.29 is 14.7 Å². The standard InChI is InChI=1S/C10H18N2O3/c1-6(2)9(11)10(15)12-4-7(5-12)3-8(13)14/h6-7,9H,3-5,11H2,1-2H3,(H,13,14)/t9-/m1/s1. The second-order valence-corrected chi connectivity index (χ2v) is 4.48. The van der Waals surface area contributed by atoms with Gasteiger partial charge in [0.2, 0.25) is 5.91 Å². The normalized spacial score (nSPS) is 18.8. The monoisotopic (exact) mass is 214 g/mol. The summed E-state index contributed by atoms with van der Waals surface area (Å²) >= 11 is 0. The molecule has 0 aromatic rings. The van der Waals surface area contributed by atoms with Crippen molar-refractivity contribution in [2.24, 2.45) is 17.6 Å². The lowest BCUT2D eigenvalue weighted by molar-refractivity contribution is -0.146. The molecule has 0 radical (unpaired) electrons. The van der Waals surface area contributed by atoms with Crippen molar-refractivity contribution in [1.82, 2.24) is 4.90 Å². The van der Waals surface area contributed by atoms with Gasteiger partial charge in [-0.15, -0.1) is 0 Å². The highest BCUT2D eigenvalue weighted by molar-refractivity contribution is 5.82. The predicted molar refractivity (Wildman–Crippen MR) is 55.1 cm³/mol. The number of carboxylic acids is 1. The van der Waals surface area contributed by atoms with E-state index >= 15 is 0 Å². The Balaban J connectivity index is 2.32. The number of carboxylic acid groups (broad SMARTS) is 1. The Morgan fingerprint density at radius 1 is 1.47 bits per heavy atom. The van der Waals surface area contributed by atoms with E-state index in [1.54, 1.807) is 4.90 Å². The van der Waals surface area contributed by atoms with Gasteiger partial charge < -0.3 is 15.7 Å². The molecule has 0 bridgehead atoms. The van der Waals surface area contributed by atoms with E-state index in [-0.39, 0.29) is 24.2 Å². The third-order valence-electron chi connectivity index (χ3n) is 2.74. The molecule has 5 nitrogen and oxygen atoms in total. The van der Waals surface area contributed by atoms with Gasteiger partial charge in [0.1, 0.15) is 0 Å². The van der Waals surface area contributed by atoms with Crippen molar-refractivity contribution in [2.45, 2.75) is 26.3 Å². The molecule has 1 atom stereocenters. The van der Waals surface area contributed by atoms with E-state index in [1.807, 2.05) is 13.8 Å². The number of hydrogen-bond acceptors (Lipinski definition) is 3. The van der Waals surface area contributed by atoms with Crippen molar-refractivity contribution in [3.05, 3.63) is 0 Å². The largest absolute Gasteiger partial charge is 0.481 e. The summed E-state index contributed by atoms with van der Waals surface area (Å²) in [6.45, 7) is 4.87. The van der Waals surface area contributed by atoms with Crippen LogP contribution >= 0.6 is 0 Å². The molecule has 1 saturated heterocycles. The summed E-state index contributed by atoms with van der Waals surface area (Å²) in [7, 11) is 0. The highest BCUT2D eigenvalue weighted by atomic mass is 16.4. The van der Waals surface area contributed by atoms with Gasteiger partial charge in [-0.25, -0.2) is 0 Å². The van der Waals surface area contributed by atoms with Gasteiger partial charge in [-0.1, -0.05) is 13.8 Å². The number of aliphatic carboxylic acids is 1. The molecule has 1 fully saturated rings. The maximum absolute atomic E-state index is 11.7. The molecule has 3 N–H and O–H groups in total. The van der Waals surface area contributed by atoms with Crippen LogP contribution in [0.25, 0.3) is 0 Å². The molecule has 0 aromatic heterocycles. The van der Waals surface area contributed by atoms with Crippen LogP contribution in [0.4, 0.5) is 0 Å². The van der Waals surface area contributed by atoms with Crippen LogP contribution in [0, 0.1) is 11.8 Å². The number of rotatable bonds is 4. The highest BCUT2D eigenvalue weighted by Gasteiger charge is 2.34. The minimum atomic E-state index is -0.805. The van der Waals surface area contributed by atoms with Gasteiger partial charge in [-0.3, -0.25) is 9.59 Å². The van der Waals surface area contributed by atoms with Crippen LogP contribution in [0.3, 0.4) is 0 Å². The maximum atomic E-state index is 11.7. The second kappa shape index (κ2) is 4.61. The number of hydrogen-bond donors (Lipinski definition) is 2. The van der Waals surface area contributed by atoms with E-state index in [4.69, 9.17) is 10.8 Å². The molecule has 0 spiro atoms. The Morgan fingerprint density at radius 3 is 2.40 bits per heavy atom. The van der Waals surface area contributed by atoms with E-state index in [0.717, 1.165) is 0 Å². The Bertz CT molecular complexity index is 259. The number of likely N-dealkylation sites (tertiary alicyclic amines) is 1. The Morgan fingerprint density at radius 2 is 2.00 bits per heavy atom. The van der Waals surface area contributed by atoms with E-state index < -0.39 is 12.0 Å². The first-order valence-electron chi connectivity index (χ1n) is 5.18. The summed E-state index contributed by atoms with van der Waals surface area (Å²) in [5.74, 6) is -0.645. The van der Waals surface area contributed by atoms with Crippen LogP contribution in [0.1, 0.15) is 20.3 Å². The molecule has 0 aromatic carbocycles. The fourth-order valence-electron chi connectivity index (χ4n) is 1.62. The molecule has 1 heterocycles. The zero-order valence-corrected chi connectivity index (χ0v) is 9.14. The molecular weight excluding hydrogens is 196 g/mol. The molecule has 1 aliphatic heterocycles. The maximum Gasteiger partial charge on any atom is 0.303 e. The molecule has 0 unspecified atom stereocenters. The van der Waals surface area contributed by atoms with Gasteiger partial charge in [-0.2, -0.15) is 0 Å². The molecule has 15 heavy (non-hydrogen) atoms. The molecule has 1 aliphatic rings. The topological polar surface area (TPSA) is 83.6 Å². The average Bonchev–Trinajstić information content (AvgIpc) is 2.07. The van der Waals surface area contributed by atoms with Crippen LogP contribution in [0.2, 0.25) is 0 Å². The number of nitrogens with zero attached hydrogens (tertiary/aromatic N) is 1. The summed E-state index contributed by atoms with van der Waals surface area (Å²) in [6.07, 6.45) is 0.140. The van der Waals surface area contributed by atoms with Gasteiger partial charge >= 0.3 is 5.97 Å². The third kappa shape index (κ3) is 2.92. The first-order chi connectivity index (χ1) is 6.91. The van der Waals surface area contributed by atoms with E-state index in [0.29, 0.717) is 13.1 Å². The van der Waals surface area contributed by atoms with Crippen LogP contribution in [-0.2, 0) is 9.59 Å². The summed E-state index contributed by atoms with van der Waals surface area (Å²) in [4.78, 5) is 23.7. The van der Waals surface area contributed by atoms with Crippen molar-refractivity contribution in [3.8, 4) is 0 Å². The van der Waals surface area contributed by atoms with E-state index in [9.17, 15) is 9.59 Å². The Hall–Kier alpha value is -1.10. The van der Waals surface area contributed by atoms with Gasteiger partial charge in [0, 0.05) is 19.0 Å². The molecule has 5 heteroatoms. The molecule has 0 saturated carbocycles. The van der Waals surface area contributed by atoms with Crippen molar-refractivity contribution in [2.75, 3.05) is 13.1 Å². The SMILES string of the molecule is CC(C)[C@@H](N)C(=O)N1CC(CC(=O)O)C1. The van der Waals surface area contributed by atoms with E-state index in [1.165, 1.54) is 0 Å². The second-order valence-electron chi connectivity index (χ2n) is 4.48. The molecule has 1 rings (SSSR count). The first-order valence-corrected chi connectivity index (χ1v) is 5.18. The van der Waals surface area contributed by atoms with Gasteiger partial charge in [0.15, 0.2) is 0 Å². The van der Waals surface area contributed by atoms with Crippen LogP contribution in [0.5, 0.6) is 0 Å². The number of nitrogens with two attached hydrogens (primary N) is 1. The fraction of sp³-hybridized carbons (Fsp3) is 0.800. The van der Waals surface area contributed by atoms with Crippen molar-refractivity contribution in [3.63, 3.8) is 0 Å². The van der Waals surface area contributed by atoms with Gasteiger partial charge in [-0.05, 0) is 5.92 Å². The third-order valence-corrected chi connectivity index (χ3v) is 2.74. The summed E-state index contributed by atoms with van der Waals surface area (Å²) in [6, 6.07) is -0.462. The van der Waals surface area contributed by atoms with Crippen LogP contribution in [-0.4, -0.2) is 41.0 Å². The van der Waals surface area contributed by atoms with E-state index in [2.05, 4.69) is 0 Å². The Labute approximate surface area is 89.2 Å². The van der Waals surface area contributed by atoms with Gasteiger partial charge in [0.25, 0.3) is 0 Å². The van der Waals surface area contributed by atoms with Crippen molar-refractivity contribution >= 4 is 11.9 Å². The van der Waals surface area contributed by atoms with Crippen molar-refractivity contribution in [1.29, 1.82) is 0 Å². The number of carbonyl (C=O) groups excluding carboxylic acids is 1. The number of carbonyl (C=O) groups is 2. The van der Waals surface area contributed by atoms with Crippen LogP contribution < -0.4 is 5.73 Å². The minimum absolute atomic E-state index is 0.0633. The van der Waals surface area contributed by atoms with Gasteiger partial charge in [0.05, 0.1) is 12.5 Å². The zero-order valence-electron chi connectivity index (χ0n) is 9.14. The lowest BCUT2D eigenvalue weighted by Gasteiger charge is -2.40. The summed E-state index contributed by atoms with van der Waals surface area (Å²) in [5.41, 5.74) is 5.71. The number of amides is 1. The minimum Gasteiger partial charge on any atom is -0.481 e. The highest BCUT2D eigenvalue weighted by Crippen LogP contribution is 2.20. The zero-order chi connectivity index (χ0) is 11.6. The lowest BCUT2D eigenvalue weighted by atomic mass is 9.94. The quantitative estimate of drug-likeness (QED) is 0.684. The van der Waals surface area contributed by atoms with Crippen LogP contribution in [0.15, 0.2) is 0 Å². The smallest absolute Gasteiger partial charge is 0.303 e.